The monoisotopic (exact) mass is 489 g/mol. The topological polar surface area (TPSA) is 112 Å². The zero-order valence-corrected chi connectivity index (χ0v) is 20.2. The summed E-state index contributed by atoms with van der Waals surface area (Å²) >= 11 is 1.36. The fraction of sp³-hybridized carbons (Fsp3) is 0.0741. The van der Waals surface area contributed by atoms with Crippen molar-refractivity contribution in [3.63, 3.8) is 0 Å². The molecule has 0 aliphatic carbocycles. The molecule has 5 rings (SSSR count). The first-order valence-electron chi connectivity index (χ1n) is 10.9. The molecule has 2 aromatic carbocycles. The van der Waals surface area contributed by atoms with Crippen molar-refractivity contribution in [1.82, 2.24) is 19.6 Å². The van der Waals surface area contributed by atoms with Crippen molar-refractivity contribution < 1.29 is 4.74 Å². The van der Waals surface area contributed by atoms with Gasteiger partial charge in [-0.1, -0.05) is 29.8 Å². The van der Waals surface area contributed by atoms with Crippen LogP contribution in [0.2, 0.25) is 0 Å². The Morgan fingerprint density at radius 3 is 2.19 bits per heavy atom. The molecule has 0 aliphatic heterocycles. The van der Waals surface area contributed by atoms with Crippen LogP contribution in [0.4, 0.5) is 11.5 Å². The van der Waals surface area contributed by atoms with E-state index in [9.17, 15) is 10.5 Å². The number of aromatic nitrogens is 4. The number of aryl methyl sites for hydroxylation is 1. The maximum absolute atomic E-state index is 10.00. The van der Waals surface area contributed by atoms with E-state index >= 15 is 0 Å². The Kier molecular flexibility index (Phi) is 6.23. The maximum atomic E-state index is 10.00. The zero-order valence-electron chi connectivity index (χ0n) is 19.4. The first-order chi connectivity index (χ1) is 17.6. The molecule has 0 aliphatic rings. The Bertz CT molecular complexity index is 1630. The lowest BCUT2D eigenvalue weighted by Gasteiger charge is -2.10. The fourth-order valence-corrected chi connectivity index (χ4v) is 4.25. The Morgan fingerprint density at radius 1 is 0.889 bits per heavy atom. The minimum atomic E-state index is 0.292. The summed E-state index contributed by atoms with van der Waals surface area (Å²) in [6.07, 6.45) is 5.18. The average molecular weight is 490 g/mol. The predicted molar refractivity (Wildman–Crippen MR) is 138 cm³/mol. The number of hydrogen-bond acceptors (Lipinski definition) is 8. The number of fused-ring (bicyclic) bond motifs is 1. The minimum Gasteiger partial charge on any atom is -0.457 e. The Balaban J connectivity index is 1.57. The number of hydrogen-bond donors (Lipinski definition) is 1. The smallest absolute Gasteiger partial charge is 0.177 e. The van der Waals surface area contributed by atoms with E-state index in [4.69, 9.17) is 4.74 Å². The molecule has 9 heteroatoms. The van der Waals surface area contributed by atoms with Gasteiger partial charge in [0.25, 0.3) is 0 Å². The highest BCUT2D eigenvalue weighted by Crippen LogP contribution is 2.34. The maximum Gasteiger partial charge on any atom is 0.177 e. The van der Waals surface area contributed by atoms with Gasteiger partial charge in [0.2, 0.25) is 0 Å². The van der Waals surface area contributed by atoms with Gasteiger partial charge in [0.05, 0.1) is 5.69 Å². The molecule has 5 aromatic rings. The first-order valence-corrected chi connectivity index (χ1v) is 12.2. The SMILES string of the molecule is CSc1nc2c(C#N)c(Nc3ccc(Oc4ccncc4)cc3)nn2c(-c2ccc(C)cc2)c1C#N. The molecule has 0 atom stereocenters. The van der Waals surface area contributed by atoms with Crippen LogP contribution in [0.5, 0.6) is 11.5 Å². The second-order valence-corrected chi connectivity index (χ2v) is 8.62. The molecule has 0 saturated heterocycles. The van der Waals surface area contributed by atoms with Gasteiger partial charge in [-0.2, -0.15) is 10.5 Å². The van der Waals surface area contributed by atoms with Gasteiger partial charge >= 0.3 is 0 Å². The van der Waals surface area contributed by atoms with Crippen LogP contribution in [-0.2, 0) is 0 Å². The molecule has 3 heterocycles. The molecule has 3 aromatic heterocycles. The van der Waals surface area contributed by atoms with Crippen molar-refractivity contribution in [3.05, 3.63) is 89.7 Å². The zero-order chi connectivity index (χ0) is 25.1. The highest BCUT2D eigenvalue weighted by atomic mass is 32.2. The van der Waals surface area contributed by atoms with Crippen molar-refractivity contribution in [1.29, 1.82) is 10.5 Å². The Morgan fingerprint density at radius 2 is 1.56 bits per heavy atom. The Labute approximate surface area is 211 Å². The van der Waals surface area contributed by atoms with Gasteiger partial charge in [-0.25, -0.2) is 9.50 Å². The molecule has 0 radical (unpaired) electrons. The van der Waals surface area contributed by atoms with Gasteiger partial charge in [-0.15, -0.1) is 16.9 Å². The van der Waals surface area contributed by atoms with Gasteiger partial charge in [-0.3, -0.25) is 4.98 Å². The molecule has 0 fully saturated rings. The summed E-state index contributed by atoms with van der Waals surface area (Å²) in [7, 11) is 0. The van der Waals surface area contributed by atoms with E-state index in [1.807, 2.05) is 61.7 Å². The normalized spacial score (nSPS) is 10.6. The highest BCUT2D eigenvalue weighted by molar-refractivity contribution is 7.98. The number of anilines is 2. The largest absolute Gasteiger partial charge is 0.457 e. The lowest BCUT2D eigenvalue weighted by Crippen LogP contribution is -2.03. The fourth-order valence-electron chi connectivity index (χ4n) is 3.73. The number of ether oxygens (including phenoxy) is 1. The standard InChI is InChI=1S/C27H19N7OS/c1-17-3-5-18(6-4-17)24-22(15-28)27(36-2)32-26-23(16-29)25(33-34(24)26)31-19-7-9-20(10-8-19)35-21-11-13-30-14-12-21/h3-14H,1-2H3,(H,31,33). The van der Waals surface area contributed by atoms with Crippen LogP contribution < -0.4 is 10.1 Å². The van der Waals surface area contributed by atoms with Crippen molar-refractivity contribution in [2.75, 3.05) is 11.6 Å². The summed E-state index contributed by atoms with van der Waals surface area (Å²) in [5.41, 5.74) is 4.32. The average Bonchev–Trinajstić information content (AvgIpc) is 3.26. The summed E-state index contributed by atoms with van der Waals surface area (Å²) in [6.45, 7) is 2.00. The van der Waals surface area contributed by atoms with Crippen LogP contribution in [0, 0.1) is 29.6 Å². The third-order valence-electron chi connectivity index (χ3n) is 5.48. The molecular formula is C27H19N7OS. The third kappa shape index (κ3) is 4.31. The Hall–Kier alpha value is -4.86. The predicted octanol–water partition coefficient (Wildman–Crippen LogP) is 6.10. The molecule has 36 heavy (non-hydrogen) atoms. The van der Waals surface area contributed by atoms with E-state index in [1.165, 1.54) is 11.8 Å². The molecule has 0 saturated carbocycles. The second kappa shape index (κ2) is 9.79. The third-order valence-corrected chi connectivity index (χ3v) is 6.16. The number of nitrogens with one attached hydrogen (secondary N) is 1. The van der Waals surface area contributed by atoms with E-state index in [0.717, 1.165) is 16.8 Å². The molecule has 0 amide bonds. The van der Waals surface area contributed by atoms with E-state index in [1.54, 1.807) is 29.0 Å². The van der Waals surface area contributed by atoms with Crippen molar-refractivity contribution in [3.8, 4) is 34.9 Å². The van der Waals surface area contributed by atoms with Gasteiger partial charge < -0.3 is 10.1 Å². The molecule has 0 spiro atoms. The highest BCUT2D eigenvalue weighted by Gasteiger charge is 2.23. The van der Waals surface area contributed by atoms with E-state index in [0.29, 0.717) is 44.8 Å². The van der Waals surface area contributed by atoms with Crippen molar-refractivity contribution in [2.45, 2.75) is 11.9 Å². The van der Waals surface area contributed by atoms with E-state index in [-0.39, 0.29) is 0 Å². The quantitative estimate of drug-likeness (QED) is 0.225. The number of pyridine rings is 1. The number of benzene rings is 2. The van der Waals surface area contributed by atoms with Gasteiger partial charge in [0.15, 0.2) is 11.5 Å². The van der Waals surface area contributed by atoms with Crippen LogP contribution >= 0.6 is 11.8 Å². The number of rotatable bonds is 6. The summed E-state index contributed by atoms with van der Waals surface area (Å²) in [5, 5.41) is 28.4. The first kappa shape index (κ1) is 22.9. The summed E-state index contributed by atoms with van der Waals surface area (Å²) in [6, 6.07) is 23.2. The molecule has 0 bridgehead atoms. The number of nitriles is 2. The molecule has 1 N–H and O–H groups in total. The van der Waals surface area contributed by atoms with Crippen LogP contribution in [0.1, 0.15) is 16.7 Å². The minimum absolute atomic E-state index is 0.292. The van der Waals surface area contributed by atoms with Gasteiger partial charge in [-0.05, 0) is 49.6 Å². The number of thioether (sulfide) groups is 1. The molecule has 8 nitrogen and oxygen atoms in total. The summed E-state index contributed by atoms with van der Waals surface area (Å²) in [5.74, 6) is 1.70. The second-order valence-electron chi connectivity index (χ2n) is 7.83. The van der Waals surface area contributed by atoms with Crippen LogP contribution in [0.3, 0.4) is 0 Å². The molecular weight excluding hydrogens is 470 g/mol. The van der Waals surface area contributed by atoms with Crippen LogP contribution in [0.15, 0.2) is 78.1 Å². The van der Waals surface area contributed by atoms with Crippen LogP contribution in [-0.4, -0.2) is 25.8 Å². The lowest BCUT2D eigenvalue weighted by molar-refractivity contribution is 0.482. The lowest BCUT2D eigenvalue weighted by atomic mass is 10.1. The molecule has 174 valence electrons. The van der Waals surface area contributed by atoms with Gasteiger partial charge in [0, 0.05) is 23.6 Å². The number of nitrogens with zero attached hydrogens (tertiary/aromatic N) is 6. The van der Waals surface area contributed by atoms with Crippen molar-refractivity contribution >= 4 is 28.9 Å². The molecule has 0 unspecified atom stereocenters. The summed E-state index contributed by atoms with van der Waals surface area (Å²) in [4.78, 5) is 8.60. The summed E-state index contributed by atoms with van der Waals surface area (Å²) < 4.78 is 7.39. The van der Waals surface area contributed by atoms with Gasteiger partial charge in [0.1, 0.15) is 39.8 Å². The van der Waals surface area contributed by atoms with Crippen molar-refractivity contribution in [2.24, 2.45) is 0 Å². The van der Waals surface area contributed by atoms with Crippen LogP contribution in [0.25, 0.3) is 16.9 Å². The van der Waals surface area contributed by atoms with E-state index in [2.05, 4.69) is 32.5 Å². The van der Waals surface area contributed by atoms with E-state index < -0.39 is 0 Å².